The number of hydrogen-bond donors (Lipinski definition) is 1. The minimum atomic E-state index is -0.590. The standard InChI is InChI=1S/C17H14N4O2S/c1-10-20-14(9-24-10)11-3-5-13(6-4-11)21-8-12(7-18)15(19)16(21)17(22)23-2/h3-6,8-9H,19H2,1-2H3. The Morgan fingerprint density at radius 1 is 1.38 bits per heavy atom. The number of carbonyl (C=O) groups excluding carboxylic acids is 1. The van der Waals surface area contributed by atoms with Crippen molar-refractivity contribution in [2.24, 2.45) is 0 Å². The van der Waals surface area contributed by atoms with E-state index in [-0.39, 0.29) is 16.9 Å². The molecule has 0 spiro atoms. The number of methoxy groups -OCH3 is 1. The minimum absolute atomic E-state index is 0.114. The molecule has 120 valence electrons. The van der Waals surface area contributed by atoms with Gasteiger partial charge in [0, 0.05) is 22.8 Å². The average molecular weight is 338 g/mol. The molecule has 1 aromatic carbocycles. The number of nitrogen functional groups attached to an aromatic ring is 1. The number of thiazole rings is 1. The number of carbonyl (C=O) groups is 1. The summed E-state index contributed by atoms with van der Waals surface area (Å²) in [5, 5.41) is 12.1. The van der Waals surface area contributed by atoms with Crippen molar-refractivity contribution in [3.05, 3.63) is 52.1 Å². The van der Waals surface area contributed by atoms with Gasteiger partial charge in [-0.3, -0.25) is 0 Å². The van der Waals surface area contributed by atoms with Gasteiger partial charge in [0.25, 0.3) is 0 Å². The summed E-state index contributed by atoms with van der Waals surface area (Å²) in [7, 11) is 1.28. The molecule has 0 saturated heterocycles. The van der Waals surface area contributed by atoms with Crippen LogP contribution in [0.5, 0.6) is 0 Å². The van der Waals surface area contributed by atoms with E-state index in [4.69, 9.17) is 15.7 Å². The molecule has 0 aliphatic rings. The highest BCUT2D eigenvalue weighted by Crippen LogP contribution is 2.27. The number of aryl methyl sites for hydroxylation is 1. The highest BCUT2D eigenvalue weighted by atomic mass is 32.1. The molecule has 0 saturated carbocycles. The zero-order valence-electron chi connectivity index (χ0n) is 13.1. The highest BCUT2D eigenvalue weighted by molar-refractivity contribution is 7.09. The third kappa shape index (κ3) is 2.64. The topological polar surface area (TPSA) is 93.9 Å². The van der Waals surface area contributed by atoms with Crippen molar-refractivity contribution in [2.75, 3.05) is 12.8 Å². The van der Waals surface area contributed by atoms with Crippen molar-refractivity contribution < 1.29 is 9.53 Å². The minimum Gasteiger partial charge on any atom is -0.464 e. The van der Waals surface area contributed by atoms with E-state index in [2.05, 4.69) is 4.98 Å². The molecule has 0 atom stereocenters. The van der Waals surface area contributed by atoms with Crippen LogP contribution in [0.3, 0.4) is 0 Å². The van der Waals surface area contributed by atoms with Crippen LogP contribution in [0.25, 0.3) is 16.9 Å². The van der Waals surface area contributed by atoms with E-state index in [1.807, 2.05) is 42.6 Å². The van der Waals surface area contributed by atoms with Crippen LogP contribution in [-0.2, 0) is 4.74 Å². The van der Waals surface area contributed by atoms with E-state index in [0.29, 0.717) is 5.69 Å². The van der Waals surface area contributed by atoms with E-state index in [1.54, 1.807) is 15.9 Å². The van der Waals surface area contributed by atoms with E-state index < -0.39 is 5.97 Å². The molecule has 0 radical (unpaired) electrons. The quantitative estimate of drug-likeness (QED) is 0.740. The van der Waals surface area contributed by atoms with Crippen LogP contribution in [0.4, 0.5) is 5.69 Å². The number of aromatic nitrogens is 2. The Hall–Kier alpha value is -3.11. The summed E-state index contributed by atoms with van der Waals surface area (Å²) >= 11 is 1.59. The number of nitriles is 1. The van der Waals surface area contributed by atoms with Gasteiger partial charge < -0.3 is 15.0 Å². The Balaban J connectivity index is 2.06. The lowest BCUT2D eigenvalue weighted by Crippen LogP contribution is -2.11. The normalized spacial score (nSPS) is 10.4. The van der Waals surface area contributed by atoms with Crippen molar-refractivity contribution in [1.29, 1.82) is 5.26 Å². The average Bonchev–Trinajstić information content (AvgIpc) is 3.17. The van der Waals surface area contributed by atoms with E-state index >= 15 is 0 Å². The smallest absolute Gasteiger partial charge is 0.357 e. The number of anilines is 1. The fraction of sp³-hybridized carbons (Fsp3) is 0.118. The van der Waals surface area contributed by atoms with Gasteiger partial charge in [0.1, 0.15) is 6.07 Å². The predicted molar refractivity (Wildman–Crippen MR) is 92.1 cm³/mol. The lowest BCUT2D eigenvalue weighted by atomic mass is 10.1. The summed E-state index contributed by atoms with van der Waals surface area (Å²) in [6.07, 6.45) is 1.53. The van der Waals surface area contributed by atoms with Crippen LogP contribution in [0.1, 0.15) is 21.1 Å². The van der Waals surface area contributed by atoms with Crippen LogP contribution in [0.2, 0.25) is 0 Å². The van der Waals surface area contributed by atoms with Crippen LogP contribution < -0.4 is 5.73 Å². The first-order valence-electron chi connectivity index (χ1n) is 7.07. The van der Waals surface area contributed by atoms with Gasteiger partial charge in [-0.2, -0.15) is 5.26 Å². The van der Waals surface area contributed by atoms with Crippen molar-refractivity contribution in [1.82, 2.24) is 9.55 Å². The number of hydrogen-bond acceptors (Lipinski definition) is 6. The van der Waals surface area contributed by atoms with E-state index in [0.717, 1.165) is 16.3 Å². The first kappa shape index (κ1) is 15.8. The monoisotopic (exact) mass is 338 g/mol. The summed E-state index contributed by atoms with van der Waals surface area (Å²) in [5.41, 5.74) is 8.98. The van der Waals surface area contributed by atoms with Crippen molar-refractivity contribution in [2.45, 2.75) is 6.92 Å². The van der Waals surface area contributed by atoms with Gasteiger partial charge in [0.15, 0.2) is 5.69 Å². The molecule has 2 N–H and O–H groups in total. The number of ether oxygens (including phenoxy) is 1. The third-order valence-electron chi connectivity index (χ3n) is 3.60. The molecule has 0 unspecified atom stereocenters. The SMILES string of the molecule is COC(=O)c1c(N)c(C#N)cn1-c1ccc(-c2csc(C)n2)cc1. The molecule has 0 aliphatic heterocycles. The summed E-state index contributed by atoms with van der Waals surface area (Å²) in [4.78, 5) is 16.5. The first-order chi connectivity index (χ1) is 11.5. The molecule has 0 aliphatic carbocycles. The van der Waals surface area contributed by atoms with E-state index in [9.17, 15) is 4.79 Å². The van der Waals surface area contributed by atoms with Crippen molar-refractivity contribution >= 4 is 23.0 Å². The molecule has 7 heteroatoms. The number of rotatable bonds is 3. The van der Waals surface area contributed by atoms with E-state index in [1.165, 1.54) is 13.3 Å². The summed E-state index contributed by atoms with van der Waals surface area (Å²) in [6, 6.07) is 9.49. The number of nitrogens with zero attached hydrogens (tertiary/aromatic N) is 3. The Morgan fingerprint density at radius 2 is 2.08 bits per heavy atom. The van der Waals surface area contributed by atoms with Gasteiger partial charge in [-0.05, 0) is 19.1 Å². The maximum Gasteiger partial charge on any atom is 0.357 e. The Labute approximate surface area is 142 Å². The lowest BCUT2D eigenvalue weighted by Gasteiger charge is -2.09. The maximum atomic E-state index is 12.0. The molecule has 2 heterocycles. The molecule has 6 nitrogen and oxygen atoms in total. The Bertz CT molecular complexity index is 948. The van der Waals surface area contributed by atoms with Gasteiger partial charge in [0.2, 0.25) is 0 Å². The molecule has 0 fully saturated rings. The third-order valence-corrected chi connectivity index (χ3v) is 4.38. The van der Waals surface area contributed by atoms with Crippen LogP contribution >= 0.6 is 11.3 Å². The first-order valence-corrected chi connectivity index (χ1v) is 7.95. The Morgan fingerprint density at radius 3 is 2.62 bits per heavy atom. The molecular weight excluding hydrogens is 324 g/mol. The van der Waals surface area contributed by atoms with Gasteiger partial charge in [-0.25, -0.2) is 9.78 Å². The molecule has 0 bridgehead atoms. The van der Waals surface area contributed by atoms with Gasteiger partial charge in [0.05, 0.1) is 29.1 Å². The highest BCUT2D eigenvalue weighted by Gasteiger charge is 2.21. The fourth-order valence-corrected chi connectivity index (χ4v) is 3.03. The zero-order chi connectivity index (χ0) is 17.3. The molecule has 2 aromatic heterocycles. The Kier molecular flexibility index (Phi) is 4.06. The summed E-state index contributed by atoms with van der Waals surface area (Å²) in [5.74, 6) is -0.590. The predicted octanol–water partition coefficient (Wildman–Crippen LogP) is 3.15. The molecule has 24 heavy (non-hydrogen) atoms. The molecule has 0 amide bonds. The maximum absolute atomic E-state index is 12.0. The number of benzene rings is 1. The van der Waals surface area contributed by atoms with Crippen LogP contribution in [0, 0.1) is 18.3 Å². The fourth-order valence-electron chi connectivity index (χ4n) is 2.41. The number of esters is 1. The largest absolute Gasteiger partial charge is 0.464 e. The molecule has 3 rings (SSSR count). The van der Waals surface area contributed by atoms with Gasteiger partial charge in [-0.15, -0.1) is 11.3 Å². The second-order valence-electron chi connectivity index (χ2n) is 5.08. The summed E-state index contributed by atoms with van der Waals surface area (Å²) < 4.78 is 6.34. The van der Waals surface area contributed by atoms with Crippen molar-refractivity contribution in [3.8, 4) is 23.0 Å². The van der Waals surface area contributed by atoms with Gasteiger partial charge >= 0.3 is 5.97 Å². The molecule has 3 aromatic rings. The second kappa shape index (κ2) is 6.18. The van der Waals surface area contributed by atoms with Gasteiger partial charge in [-0.1, -0.05) is 12.1 Å². The summed E-state index contributed by atoms with van der Waals surface area (Å²) in [6.45, 7) is 1.96. The second-order valence-corrected chi connectivity index (χ2v) is 6.14. The zero-order valence-corrected chi connectivity index (χ0v) is 13.9. The lowest BCUT2D eigenvalue weighted by molar-refractivity contribution is 0.0593. The van der Waals surface area contributed by atoms with Crippen LogP contribution in [-0.4, -0.2) is 22.6 Å². The van der Waals surface area contributed by atoms with Crippen LogP contribution in [0.15, 0.2) is 35.8 Å². The molecular formula is C17H14N4O2S. The van der Waals surface area contributed by atoms with Crippen molar-refractivity contribution in [3.63, 3.8) is 0 Å². The number of nitrogens with two attached hydrogens (primary N) is 1.